The standard InChI is InChI=1S/C15H20FNO/c1-2-17(12-8-4-3-5-9-12)15(18)13-10-6-7-11-14(13)16/h6-7,10-12H,2-5,8-9H2,1H3. The quantitative estimate of drug-likeness (QED) is 0.801. The van der Waals surface area contributed by atoms with Crippen LogP contribution in [0.25, 0.3) is 0 Å². The van der Waals surface area contributed by atoms with Crippen molar-refractivity contribution < 1.29 is 9.18 Å². The van der Waals surface area contributed by atoms with E-state index in [9.17, 15) is 9.18 Å². The van der Waals surface area contributed by atoms with Gasteiger partial charge in [-0.2, -0.15) is 0 Å². The number of carbonyl (C=O) groups is 1. The maximum atomic E-state index is 13.7. The topological polar surface area (TPSA) is 20.3 Å². The Balaban J connectivity index is 2.17. The van der Waals surface area contributed by atoms with Crippen LogP contribution in [0.4, 0.5) is 4.39 Å². The predicted octanol–water partition coefficient (Wildman–Crippen LogP) is 3.62. The van der Waals surface area contributed by atoms with Gasteiger partial charge in [-0.15, -0.1) is 0 Å². The molecule has 0 atom stereocenters. The molecule has 1 aromatic carbocycles. The third-order valence-corrected chi connectivity index (χ3v) is 3.72. The summed E-state index contributed by atoms with van der Waals surface area (Å²) in [6, 6.07) is 6.54. The van der Waals surface area contributed by atoms with Gasteiger partial charge in [0.25, 0.3) is 5.91 Å². The molecule has 0 unspecified atom stereocenters. The van der Waals surface area contributed by atoms with Gasteiger partial charge in [0.1, 0.15) is 5.82 Å². The van der Waals surface area contributed by atoms with E-state index < -0.39 is 5.82 Å². The van der Waals surface area contributed by atoms with Gasteiger partial charge >= 0.3 is 0 Å². The Labute approximate surface area is 108 Å². The number of benzene rings is 1. The molecule has 2 nitrogen and oxygen atoms in total. The molecule has 2 rings (SSSR count). The Morgan fingerprint density at radius 1 is 1.28 bits per heavy atom. The lowest BCUT2D eigenvalue weighted by Gasteiger charge is -2.33. The zero-order chi connectivity index (χ0) is 13.0. The Hall–Kier alpha value is -1.38. The molecule has 1 aliphatic rings. The van der Waals surface area contributed by atoms with Crippen molar-refractivity contribution in [2.45, 2.75) is 45.1 Å². The van der Waals surface area contributed by atoms with Gasteiger partial charge in [-0.25, -0.2) is 4.39 Å². The van der Waals surface area contributed by atoms with Gasteiger partial charge in [0, 0.05) is 12.6 Å². The smallest absolute Gasteiger partial charge is 0.257 e. The van der Waals surface area contributed by atoms with Gasteiger partial charge in [0.15, 0.2) is 0 Å². The SMILES string of the molecule is CCN(C(=O)c1ccccc1F)C1CCCCC1. The number of amides is 1. The van der Waals surface area contributed by atoms with Gasteiger partial charge in [-0.05, 0) is 31.9 Å². The van der Waals surface area contributed by atoms with Crippen molar-refractivity contribution in [3.05, 3.63) is 35.6 Å². The Morgan fingerprint density at radius 3 is 2.56 bits per heavy atom. The van der Waals surface area contributed by atoms with Gasteiger partial charge in [-0.1, -0.05) is 31.4 Å². The normalized spacial score (nSPS) is 16.6. The van der Waals surface area contributed by atoms with E-state index in [1.54, 1.807) is 18.2 Å². The van der Waals surface area contributed by atoms with Crippen LogP contribution in [0.5, 0.6) is 0 Å². The molecule has 0 spiro atoms. The maximum Gasteiger partial charge on any atom is 0.257 e. The highest BCUT2D eigenvalue weighted by atomic mass is 19.1. The Kier molecular flexibility index (Phi) is 4.34. The van der Waals surface area contributed by atoms with E-state index in [0.717, 1.165) is 12.8 Å². The molecule has 3 heteroatoms. The van der Waals surface area contributed by atoms with Crippen molar-refractivity contribution in [2.24, 2.45) is 0 Å². The number of halogens is 1. The summed E-state index contributed by atoms with van der Waals surface area (Å²) in [6.45, 7) is 2.62. The second-order valence-corrected chi connectivity index (χ2v) is 4.86. The fraction of sp³-hybridized carbons (Fsp3) is 0.533. The van der Waals surface area contributed by atoms with E-state index in [1.807, 2.05) is 11.8 Å². The third kappa shape index (κ3) is 2.71. The first kappa shape index (κ1) is 13.1. The summed E-state index contributed by atoms with van der Waals surface area (Å²) in [5, 5.41) is 0. The monoisotopic (exact) mass is 249 g/mol. The highest BCUT2D eigenvalue weighted by molar-refractivity contribution is 5.94. The van der Waals surface area contributed by atoms with Gasteiger partial charge in [-0.3, -0.25) is 4.79 Å². The highest BCUT2D eigenvalue weighted by Gasteiger charge is 2.26. The van der Waals surface area contributed by atoms with Crippen LogP contribution in [0.3, 0.4) is 0 Å². The van der Waals surface area contributed by atoms with Crippen LogP contribution >= 0.6 is 0 Å². The fourth-order valence-corrected chi connectivity index (χ4v) is 2.75. The van der Waals surface area contributed by atoms with Crippen LogP contribution in [0.1, 0.15) is 49.4 Å². The van der Waals surface area contributed by atoms with Crippen LogP contribution in [0.2, 0.25) is 0 Å². The molecule has 98 valence electrons. The third-order valence-electron chi connectivity index (χ3n) is 3.72. The summed E-state index contributed by atoms with van der Waals surface area (Å²) in [6.07, 6.45) is 5.70. The average molecular weight is 249 g/mol. The van der Waals surface area contributed by atoms with Crippen LogP contribution < -0.4 is 0 Å². The Morgan fingerprint density at radius 2 is 1.94 bits per heavy atom. The van der Waals surface area contributed by atoms with Crippen LogP contribution in [0, 0.1) is 5.82 Å². The molecule has 0 N–H and O–H groups in total. The van der Waals surface area contributed by atoms with Crippen molar-refractivity contribution in [1.29, 1.82) is 0 Å². The number of rotatable bonds is 3. The summed E-state index contributed by atoms with van der Waals surface area (Å²) in [5.41, 5.74) is 0.199. The number of carbonyl (C=O) groups excluding carboxylic acids is 1. The lowest BCUT2D eigenvalue weighted by Crippen LogP contribution is -2.41. The minimum atomic E-state index is -0.420. The predicted molar refractivity (Wildman–Crippen MR) is 70.0 cm³/mol. The van der Waals surface area contributed by atoms with Crippen molar-refractivity contribution in [1.82, 2.24) is 4.90 Å². The van der Waals surface area contributed by atoms with Crippen molar-refractivity contribution in [2.75, 3.05) is 6.54 Å². The largest absolute Gasteiger partial charge is 0.336 e. The average Bonchev–Trinajstić information content (AvgIpc) is 2.41. The van der Waals surface area contributed by atoms with Crippen molar-refractivity contribution in [3.8, 4) is 0 Å². The summed E-state index contributed by atoms with van der Waals surface area (Å²) in [7, 11) is 0. The molecule has 0 aromatic heterocycles. The molecule has 0 heterocycles. The van der Waals surface area contributed by atoms with E-state index in [4.69, 9.17) is 0 Å². The molecule has 1 aromatic rings. The van der Waals surface area contributed by atoms with Crippen LogP contribution in [-0.2, 0) is 0 Å². The number of nitrogens with zero attached hydrogens (tertiary/aromatic N) is 1. The fourth-order valence-electron chi connectivity index (χ4n) is 2.75. The first-order chi connectivity index (χ1) is 8.74. The minimum Gasteiger partial charge on any atom is -0.336 e. The van der Waals surface area contributed by atoms with Crippen LogP contribution in [-0.4, -0.2) is 23.4 Å². The maximum absolute atomic E-state index is 13.7. The number of hydrogen-bond acceptors (Lipinski definition) is 1. The molecule has 0 bridgehead atoms. The summed E-state index contributed by atoms with van der Waals surface area (Å²) in [4.78, 5) is 14.2. The molecule has 1 aliphatic carbocycles. The summed E-state index contributed by atoms with van der Waals surface area (Å²) in [5.74, 6) is -0.584. The molecule has 18 heavy (non-hydrogen) atoms. The zero-order valence-corrected chi connectivity index (χ0v) is 10.9. The second-order valence-electron chi connectivity index (χ2n) is 4.86. The molecule has 0 aliphatic heterocycles. The number of hydrogen-bond donors (Lipinski definition) is 0. The Bertz CT molecular complexity index is 413. The molecule has 1 fully saturated rings. The molecular formula is C15H20FNO. The second kappa shape index (κ2) is 5.98. The molecule has 1 amide bonds. The van der Waals surface area contributed by atoms with Crippen LogP contribution in [0.15, 0.2) is 24.3 Å². The zero-order valence-electron chi connectivity index (χ0n) is 10.9. The lowest BCUT2D eigenvalue weighted by atomic mass is 9.93. The van der Waals surface area contributed by atoms with Gasteiger partial charge < -0.3 is 4.90 Å². The molecular weight excluding hydrogens is 229 g/mol. The highest BCUT2D eigenvalue weighted by Crippen LogP contribution is 2.24. The first-order valence-electron chi connectivity index (χ1n) is 6.79. The van der Waals surface area contributed by atoms with E-state index in [0.29, 0.717) is 6.54 Å². The van der Waals surface area contributed by atoms with Gasteiger partial charge in [0.2, 0.25) is 0 Å². The van der Waals surface area contributed by atoms with Crippen molar-refractivity contribution in [3.63, 3.8) is 0 Å². The lowest BCUT2D eigenvalue weighted by molar-refractivity contribution is 0.0643. The van der Waals surface area contributed by atoms with Crippen molar-refractivity contribution >= 4 is 5.91 Å². The molecule has 0 radical (unpaired) electrons. The van der Waals surface area contributed by atoms with E-state index in [1.165, 1.54) is 25.3 Å². The van der Waals surface area contributed by atoms with E-state index >= 15 is 0 Å². The van der Waals surface area contributed by atoms with E-state index in [-0.39, 0.29) is 17.5 Å². The molecule has 0 saturated heterocycles. The minimum absolute atomic E-state index is 0.164. The van der Waals surface area contributed by atoms with E-state index in [2.05, 4.69) is 0 Å². The van der Waals surface area contributed by atoms with Gasteiger partial charge in [0.05, 0.1) is 5.56 Å². The summed E-state index contributed by atoms with van der Waals surface area (Å²) < 4.78 is 13.7. The summed E-state index contributed by atoms with van der Waals surface area (Å²) >= 11 is 0. The molecule has 1 saturated carbocycles. The first-order valence-corrected chi connectivity index (χ1v) is 6.79.